The van der Waals surface area contributed by atoms with Gasteiger partial charge in [-0.3, -0.25) is 0 Å². The maximum atomic E-state index is 11.3. The van der Waals surface area contributed by atoms with Crippen molar-refractivity contribution in [3.63, 3.8) is 0 Å². The summed E-state index contributed by atoms with van der Waals surface area (Å²) in [4.78, 5) is 0.0863. The summed E-state index contributed by atoms with van der Waals surface area (Å²) in [6.07, 6.45) is 3.40. The molecule has 2 aromatic rings. The van der Waals surface area contributed by atoms with Gasteiger partial charge < -0.3 is 9.73 Å². The van der Waals surface area contributed by atoms with Crippen LogP contribution in [0.1, 0.15) is 19.1 Å². The lowest BCUT2D eigenvalue weighted by Crippen LogP contribution is -2.17. The Labute approximate surface area is 132 Å². The minimum Gasteiger partial charge on any atom is -0.469 e. The fourth-order valence-electron chi connectivity index (χ4n) is 1.94. The van der Waals surface area contributed by atoms with Crippen molar-refractivity contribution in [1.82, 2.24) is 0 Å². The first-order valence-corrected chi connectivity index (χ1v) is 8.81. The molecule has 1 unspecified atom stereocenters. The zero-order valence-electron chi connectivity index (χ0n) is 11.5. The molecule has 0 aliphatic carbocycles. The minimum absolute atomic E-state index is 0.0863. The zero-order valence-corrected chi connectivity index (χ0v) is 13.9. The van der Waals surface area contributed by atoms with Crippen LogP contribution in [0.2, 0.25) is 0 Å². The van der Waals surface area contributed by atoms with Crippen molar-refractivity contribution < 1.29 is 12.8 Å². The van der Waals surface area contributed by atoms with Gasteiger partial charge in [-0.1, -0.05) is 0 Å². The summed E-state index contributed by atoms with van der Waals surface area (Å²) in [7, 11) is -3.68. The molecule has 1 heterocycles. The summed E-state index contributed by atoms with van der Waals surface area (Å²) >= 11 is 3.36. The molecule has 7 heteroatoms. The number of rotatable bonds is 6. The number of nitrogens with two attached hydrogens (primary N) is 1. The maximum Gasteiger partial charge on any atom is 0.238 e. The molecule has 0 saturated carbocycles. The molecule has 1 aromatic heterocycles. The quantitative estimate of drug-likeness (QED) is 0.815. The molecule has 0 radical (unpaired) electrons. The minimum atomic E-state index is -3.68. The maximum absolute atomic E-state index is 11.3. The van der Waals surface area contributed by atoms with E-state index in [0.717, 1.165) is 24.3 Å². The van der Waals surface area contributed by atoms with Crippen molar-refractivity contribution in [3.8, 4) is 0 Å². The molecule has 0 amide bonds. The normalized spacial score (nSPS) is 13.1. The van der Waals surface area contributed by atoms with Gasteiger partial charge in [0.2, 0.25) is 10.0 Å². The van der Waals surface area contributed by atoms with E-state index in [-0.39, 0.29) is 10.9 Å². The van der Waals surface area contributed by atoms with Crippen molar-refractivity contribution in [2.45, 2.75) is 30.7 Å². The third-order valence-corrected chi connectivity index (χ3v) is 4.64. The van der Waals surface area contributed by atoms with E-state index in [2.05, 4.69) is 28.2 Å². The number of nitrogens with one attached hydrogen (secondary N) is 1. The van der Waals surface area contributed by atoms with Gasteiger partial charge in [0.05, 0.1) is 11.2 Å². The van der Waals surface area contributed by atoms with Crippen LogP contribution in [0.5, 0.6) is 0 Å². The number of hydrogen-bond donors (Lipinski definition) is 2. The van der Waals surface area contributed by atoms with E-state index in [1.165, 1.54) is 12.1 Å². The van der Waals surface area contributed by atoms with E-state index in [9.17, 15) is 8.42 Å². The highest BCUT2D eigenvalue weighted by atomic mass is 79.9. The van der Waals surface area contributed by atoms with Gasteiger partial charge in [-0.2, -0.15) is 0 Å². The lowest BCUT2D eigenvalue weighted by atomic mass is 10.1. The molecule has 114 valence electrons. The summed E-state index contributed by atoms with van der Waals surface area (Å²) in [5, 5.41) is 8.43. The van der Waals surface area contributed by atoms with Crippen LogP contribution in [0.4, 0.5) is 5.69 Å². The van der Waals surface area contributed by atoms with Crippen LogP contribution in [0.3, 0.4) is 0 Å². The first-order chi connectivity index (χ1) is 9.86. The number of primary sulfonamides is 1. The number of benzene rings is 1. The van der Waals surface area contributed by atoms with Gasteiger partial charge in [0.25, 0.3) is 0 Å². The van der Waals surface area contributed by atoms with Gasteiger partial charge in [-0.25, -0.2) is 13.6 Å². The summed E-state index contributed by atoms with van der Waals surface area (Å²) in [6, 6.07) is 8.72. The lowest BCUT2D eigenvalue weighted by molar-refractivity contribution is 0.495. The Bertz CT molecular complexity index is 699. The molecular weight excluding hydrogens is 356 g/mol. The summed E-state index contributed by atoms with van der Waals surface area (Å²) in [6.45, 7) is 2.06. The number of aryl methyl sites for hydroxylation is 1. The average Bonchev–Trinajstić information content (AvgIpc) is 2.91. The SMILES string of the molecule is CC(CCc1ccco1)Nc1ccc(S(N)(=O)=O)cc1Br. The predicted molar refractivity (Wildman–Crippen MR) is 85.6 cm³/mol. The van der Waals surface area contributed by atoms with E-state index >= 15 is 0 Å². The molecule has 1 aromatic carbocycles. The van der Waals surface area contributed by atoms with Gasteiger partial charge in [0, 0.05) is 22.6 Å². The topological polar surface area (TPSA) is 85.3 Å². The number of anilines is 1. The number of furan rings is 1. The summed E-state index contributed by atoms with van der Waals surface area (Å²) in [5.41, 5.74) is 0.828. The third kappa shape index (κ3) is 4.59. The Balaban J connectivity index is 1.99. The van der Waals surface area contributed by atoms with Crippen LogP contribution in [-0.2, 0) is 16.4 Å². The molecule has 0 bridgehead atoms. The fraction of sp³-hybridized carbons (Fsp3) is 0.286. The molecule has 2 rings (SSSR count). The molecule has 5 nitrogen and oxygen atoms in total. The third-order valence-electron chi connectivity index (χ3n) is 3.07. The Morgan fingerprint density at radius 1 is 1.38 bits per heavy atom. The second-order valence-corrected chi connectivity index (χ2v) is 7.27. The van der Waals surface area contributed by atoms with E-state index in [4.69, 9.17) is 9.56 Å². The number of halogens is 1. The monoisotopic (exact) mass is 372 g/mol. The van der Waals surface area contributed by atoms with Crippen LogP contribution in [0.15, 0.2) is 50.4 Å². The fourth-order valence-corrected chi connectivity index (χ4v) is 3.13. The van der Waals surface area contributed by atoms with Crippen molar-refractivity contribution in [3.05, 3.63) is 46.8 Å². The second kappa shape index (κ2) is 6.64. The van der Waals surface area contributed by atoms with Crippen LogP contribution in [0.25, 0.3) is 0 Å². The first kappa shape index (κ1) is 16.1. The van der Waals surface area contributed by atoms with Crippen LogP contribution < -0.4 is 10.5 Å². The zero-order chi connectivity index (χ0) is 15.5. The Morgan fingerprint density at radius 3 is 2.71 bits per heavy atom. The van der Waals surface area contributed by atoms with E-state index in [0.29, 0.717) is 4.47 Å². The molecular formula is C14H17BrN2O3S. The Hall–Kier alpha value is -1.31. The average molecular weight is 373 g/mol. The summed E-state index contributed by atoms with van der Waals surface area (Å²) < 4.78 is 28.5. The van der Waals surface area contributed by atoms with Gasteiger partial charge in [0.15, 0.2) is 0 Å². The number of hydrogen-bond acceptors (Lipinski definition) is 4. The standard InChI is InChI=1S/C14H17BrN2O3S/c1-10(4-5-11-3-2-8-20-11)17-14-7-6-12(9-13(14)15)21(16,18)19/h2-3,6-10,17H,4-5H2,1H3,(H2,16,18,19). The largest absolute Gasteiger partial charge is 0.469 e. The first-order valence-electron chi connectivity index (χ1n) is 6.47. The van der Waals surface area contributed by atoms with E-state index in [1.807, 2.05) is 12.1 Å². The number of sulfonamides is 1. The second-order valence-electron chi connectivity index (χ2n) is 4.85. The van der Waals surface area contributed by atoms with E-state index < -0.39 is 10.0 Å². The molecule has 3 N–H and O–H groups in total. The van der Waals surface area contributed by atoms with Gasteiger partial charge >= 0.3 is 0 Å². The molecule has 0 aliphatic rings. The van der Waals surface area contributed by atoms with Crippen molar-refractivity contribution in [1.29, 1.82) is 0 Å². The van der Waals surface area contributed by atoms with Crippen molar-refractivity contribution in [2.75, 3.05) is 5.32 Å². The lowest BCUT2D eigenvalue weighted by Gasteiger charge is -2.16. The molecule has 1 atom stereocenters. The molecule has 0 fully saturated rings. The Morgan fingerprint density at radius 2 is 2.14 bits per heavy atom. The van der Waals surface area contributed by atoms with Crippen LogP contribution >= 0.6 is 15.9 Å². The molecule has 21 heavy (non-hydrogen) atoms. The summed E-state index contributed by atoms with van der Waals surface area (Å²) in [5.74, 6) is 0.951. The van der Waals surface area contributed by atoms with Gasteiger partial charge in [-0.15, -0.1) is 0 Å². The highest BCUT2D eigenvalue weighted by molar-refractivity contribution is 9.10. The highest BCUT2D eigenvalue weighted by Gasteiger charge is 2.12. The van der Waals surface area contributed by atoms with Crippen molar-refractivity contribution in [2.24, 2.45) is 5.14 Å². The van der Waals surface area contributed by atoms with Crippen LogP contribution in [0, 0.1) is 0 Å². The van der Waals surface area contributed by atoms with Gasteiger partial charge in [-0.05, 0) is 59.6 Å². The molecule has 0 saturated heterocycles. The van der Waals surface area contributed by atoms with Gasteiger partial charge in [0.1, 0.15) is 5.76 Å². The highest BCUT2D eigenvalue weighted by Crippen LogP contribution is 2.26. The smallest absolute Gasteiger partial charge is 0.238 e. The molecule has 0 spiro atoms. The Kier molecular flexibility index (Phi) is 5.08. The molecule has 0 aliphatic heterocycles. The van der Waals surface area contributed by atoms with Crippen LogP contribution in [-0.4, -0.2) is 14.5 Å². The predicted octanol–water partition coefficient (Wildman–Crippen LogP) is 3.12. The van der Waals surface area contributed by atoms with E-state index in [1.54, 1.807) is 12.3 Å². The van der Waals surface area contributed by atoms with Crippen molar-refractivity contribution >= 4 is 31.6 Å².